The molecular weight excluding hydrogens is 234 g/mol. The van der Waals surface area contributed by atoms with Crippen LogP contribution >= 0.6 is 0 Å². The topological polar surface area (TPSA) is 119 Å². The molecule has 6 N–H and O–H groups in total. The summed E-state index contributed by atoms with van der Waals surface area (Å²) in [6.07, 6.45) is 0. The van der Waals surface area contributed by atoms with Crippen molar-refractivity contribution >= 4 is 23.2 Å². The number of primary amides is 1. The fraction of sp³-hybridized carbons (Fsp3) is 0.0909. The summed E-state index contributed by atoms with van der Waals surface area (Å²) >= 11 is 0. The summed E-state index contributed by atoms with van der Waals surface area (Å²) < 4.78 is 5.09. The molecule has 1 heterocycles. The number of amides is 1. The first kappa shape index (κ1) is 11.8. The van der Waals surface area contributed by atoms with Crippen molar-refractivity contribution < 1.29 is 9.53 Å². The van der Waals surface area contributed by atoms with Gasteiger partial charge in [0.25, 0.3) is 5.91 Å². The van der Waals surface area contributed by atoms with Crippen LogP contribution in [0.25, 0.3) is 0 Å². The van der Waals surface area contributed by atoms with E-state index in [2.05, 4.69) is 15.5 Å². The van der Waals surface area contributed by atoms with Crippen LogP contribution in [0, 0.1) is 0 Å². The number of nitrogens with zero attached hydrogens (tertiary/aromatic N) is 1. The minimum absolute atomic E-state index is 0.132. The van der Waals surface area contributed by atoms with E-state index < -0.39 is 5.91 Å². The zero-order valence-electron chi connectivity index (χ0n) is 9.73. The summed E-state index contributed by atoms with van der Waals surface area (Å²) in [7, 11) is 1.57. The maximum atomic E-state index is 11.2. The Labute approximate surface area is 103 Å². The van der Waals surface area contributed by atoms with Crippen LogP contribution < -0.4 is 21.5 Å². The van der Waals surface area contributed by atoms with Gasteiger partial charge in [0.1, 0.15) is 17.1 Å². The number of nitrogen functional groups attached to an aromatic ring is 1. The van der Waals surface area contributed by atoms with E-state index in [0.717, 1.165) is 0 Å². The number of carbonyl (C=O) groups is 1. The van der Waals surface area contributed by atoms with Crippen LogP contribution in [0.1, 0.15) is 10.4 Å². The van der Waals surface area contributed by atoms with Crippen molar-refractivity contribution in [2.24, 2.45) is 5.73 Å². The molecule has 1 amide bonds. The van der Waals surface area contributed by atoms with Crippen LogP contribution in [0.15, 0.2) is 24.3 Å². The Morgan fingerprint density at radius 1 is 1.50 bits per heavy atom. The molecule has 0 saturated heterocycles. The summed E-state index contributed by atoms with van der Waals surface area (Å²) in [6, 6.07) is 7.17. The number of nitrogens with one attached hydrogen (secondary N) is 2. The molecule has 0 bridgehead atoms. The zero-order chi connectivity index (χ0) is 13.1. The smallest absolute Gasteiger partial charge is 0.256 e. The van der Waals surface area contributed by atoms with E-state index in [9.17, 15) is 4.79 Å². The predicted molar refractivity (Wildman–Crippen MR) is 67.8 cm³/mol. The number of aromatic nitrogens is 2. The minimum Gasteiger partial charge on any atom is -0.497 e. The molecule has 94 valence electrons. The highest BCUT2D eigenvalue weighted by molar-refractivity contribution is 6.02. The number of anilines is 3. The highest BCUT2D eigenvalue weighted by Crippen LogP contribution is 2.24. The molecule has 0 aliphatic carbocycles. The standard InChI is InChI=1S/C11H13N5O2/c1-18-7-4-2-3-6(5-7)14-11-8(10(13)17)9(12)15-16-11/h2-5H,1H3,(H2,13,17)(H4,12,14,15,16). The molecule has 0 aliphatic heterocycles. The van der Waals surface area contributed by atoms with E-state index in [0.29, 0.717) is 11.4 Å². The number of nitrogens with two attached hydrogens (primary N) is 2. The number of carbonyl (C=O) groups excluding carboxylic acids is 1. The lowest BCUT2D eigenvalue weighted by Crippen LogP contribution is -2.14. The van der Waals surface area contributed by atoms with Crippen molar-refractivity contribution in [2.75, 3.05) is 18.2 Å². The van der Waals surface area contributed by atoms with Gasteiger partial charge >= 0.3 is 0 Å². The van der Waals surface area contributed by atoms with Crippen LogP contribution in [0.4, 0.5) is 17.3 Å². The third-order valence-electron chi connectivity index (χ3n) is 2.37. The van der Waals surface area contributed by atoms with Crippen LogP contribution in [-0.2, 0) is 0 Å². The number of hydrogen-bond donors (Lipinski definition) is 4. The van der Waals surface area contributed by atoms with Crippen LogP contribution in [-0.4, -0.2) is 23.2 Å². The Balaban J connectivity index is 2.31. The quantitative estimate of drug-likeness (QED) is 0.638. The molecule has 0 unspecified atom stereocenters. The molecular formula is C11H13N5O2. The fourth-order valence-electron chi connectivity index (χ4n) is 1.53. The summed E-state index contributed by atoms with van der Waals surface area (Å²) in [4.78, 5) is 11.2. The van der Waals surface area contributed by atoms with Crippen molar-refractivity contribution in [1.29, 1.82) is 0 Å². The molecule has 2 rings (SSSR count). The third kappa shape index (κ3) is 2.19. The fourth-order valence-corrected chi connectivity index (χ4v) is 1.53. The number of ether oxygens (including phenoxy) is 1. The molecule has 7 heteroatoms. The predicted octanol–water partition coefficient (Wildman–Crippen LogP) is 0.843. The molecule has 1 aromatic carbocycles. The van der Waals surface area contributed by atoms with Gasteiger partial charge < -0.3 is 21.5 Å². The molecule has 2 aromatic rings. The first-order valence-electron chi connectivity index (χ1n) is 5.16. The SMILES string of the molecule is COc1cccc(Nc2n[nH]c(N)c2C(N)=O)c1. The Morgan fingerprint density at radius 2 is 2.28 bits per heavy atom. The number of hydrogen-bond acceptors (Lipinski definition) is 5. The summed E-state index contributed by atoms with van der Waals surface area (Å²) in [5.41, 5.74) is 11.6. The van der Waals surface area contributed by atoms with E-state index in [1.165, 1.54) is 0 Å². The molecule has 0 radical (unpaired) electrons. The lowest BCUT2D eigenvalue weighted by Gasteiger charge is -2.06. The molecule has 0 fully saturated rings. The number of benzene rings is 1. The maximum Gasteiger partial charge on any atom is 0.256 e. The molecule has 18 heavy (non-hydrogen) atoms. The van der Waals surface area contributed by atoms with Gasteiger partial charge in [-0.1, -0.05) is 6.07 Å². The molecule has 0 spiro atoms. The summed E-state index contributed by atoms with van der Waals surface area (Å²) in [6.45, 7) is 0. The summed E-state index contributed by atoms with van der Waals surface area (Å²) in [5, 5.41) is 9.33. The van der Waals surface area contributed by atoms with Crippen LogP contribution in [0.3, 0.4) is 0 Å². The number of aromatic amines is 1. The van der Waals surface area contributed by atoms with E-state index in [-0.39, 0.29) is 17.2 Å². The first-order chi connectivity index (χ1) is 8.61. The van der Waals surface area contributed by atoms with Gasteiger partial charge in [-0.15, -0.1) is 0 Å². The minimum atomic E-state index is -0.647. The van der Waals surface area contributed by atoms with Gasteiger partial charge in [-0.3, -0.25) is 9.89 Å². The van der Waals surface area contributed by atoms with Crippen molar-refractivity contribution in [3.8, 4) is 5.75 Å². The summed E-state index contributed by atoms with van der Waals surface area (Å²) in [5.74, 6) is 0.455. The lowest BCUT2D eigenvalue weighted by molar-refractivity contribution is 0.100. The monoisotopic (exact) mass is 247 g/mol. The van der Waals surface area contributed by atoms with Crippen molar-refractivity contribution in [1.82, 2.24) is 10.2 Å². The van der Waals surface area contributed by atoms with E-state index in [1.807, 2.05) is 0 Å². The Kier molecular flexibility index (Phi) is 3.05. The van der Waals surface area contributed by atoms with Crippen LogP contribution in [0.2, 0.25) is 0 Å². The Hall–Kier alpha value is -2.70. The second-order valence-corrected chi connectivity index (χ2v) is 3.58. The van der Waals surface area contributed by atoms with Gasteiger partial charge in [-0.05, 0) is 12.1 Å². The van der Waals surface area contributed by atoms with E-state index in [1.54, 1.807) is 31.4 Å². The number of H-pyrrole nitrogens is 1. The third-order valence-corrected chi connectivity index (χ3v) is 2.37. The Bertz CT molecular complexity index is 579. The van der Waals surface area contributed by atoms with Crippen molar-refractivity contribution in [3.63, 3.8) is 0 Å². The Morgan fingerprint density at radius 3 is 2.94 bits per heavy atom. The average molecular weight is 247 g/mol. The highest BCUT2D eigenvalue weighted by atomic mass is 16.5. The molecule has 1 aromatic heterocycles. The molecule has 7 nitrogen and oxygen atoms in total. The molecule has 0 aliphatic rings. The van der Waals surface area contributed by atoms with Gasteiger partial charge in [0.05, 0.1) is 7.11 Å². The van der Waals surface area contributed by atoms with Gasteiger partial charge in [-0.25, -0.2) is 0 Å². The zero-order valence-corrected chi connectivity index (χ0v) is 9.73. The number of methoxy groups -OCH3 is 1. The average Bonchev–Trinajstić information content (AvgIpc) is 2.70. The van der Waals surface area contributed by atoms with E-state index >= 15 is 0 Å². The normalized spacial score (nSPS) is 10.1. The van der Waals surface area contributed by atoms with Crippen molar-refractivity contribution in [3.05, 3.63) is 29.8 Å². The second kappa shape index (κ2) is 4.66. The van der Waals surface area contributed by atoms with Gasteiger partial charge in [-0.2, -0.15) is 5.10 Å². The molecule has 0 saturated carbocycles. The second-order valence-electron chi connectivity index (χ2n) is 3.58. The molecule has 0 atom stereocenters. The van der Waals surface area contributed by atoms with E-state index in [4.69, 9.17) is 16.2 Å². The van der Waals surface area contributed by atoms with Gasteiger partial charge in [0, 0.05) is 11.8 Å². The largest absolute Gasteiger partial charge is 0.497 e. The highest BCUT2D eigenvalue weighted by Gasteiger charge is 2.16. The maximum absolute atomic E-state index is 11.2. The van der Waals surface area contributed by atoms with Crippen LogP contribution in [0.5, 0.6) is 5.75 Å². The lowest BCUT2D eigenvalue weighted by atomic mass is 10.2. The first-order valence-corrected chi connectivity index (χ1v) is 5.16. The van der Waals surface area contributed by atoms with Gasteiger partial charge in [0.2, 0.25) is 0 Å². The van der Waals surface area contributed by atoms with Crippen molar-refractivity contribution in [2.45, 2.75) is 0 Å². The van der Waals surface area contributed by atoms with Gasteiger partial charge in [0.15, 0.2) is 5.82 Å². The number of rotatable bonds is 4.